The minimum atomic E-state index is -0.599. The highest BCUT2D eigenvalue weighted by Crippen LogP contribution is 2.26. The van der Waals surface area contributed by atoms with Gasteiger partial charge in [0.2, 0.25) is 0 Å². The van der Waals surface area contributed by atoms with E-state index in [1.807, 2.05) is 12.1 Å². The highest BCUT2D eigenvalue weighted by Gasteiger charge is 2.21. The van der Waals surface area contributed by atoms with Crippen LogP contribution in [0.4, 0.5) is 5.13 Å². The maximum atomic E-state index is 11.6. The number of hydrogen-bond donors (Lipinski definition) is 1. The van der Waals surface area contributed by atoms with E-state index in [0.717, 1.165) is 20.0 Å². The summed E-state index contributed by atoms with van der Waals surface area (Å²) in [5.74, 6) is -0.798. The second-order valence-corrected chi connectivity index (χ2v) is 7.35. The van der Waals surface area contributed by atoms with Gasteiger partial charge in [-0.3, -0.25) is 4.79 Å². The van der Waals surface area contributed by atoms with Gasteiger partial charge in [0.25, 0.3) is 0 Å². The molecule has 0 aromatic carbocycles. The quantitative estimate of drug-likeness (QED) is 0.639. The van der Waals surface area contributed by atoms with E-state index in [1.54, 1.807) is 11.3 Å². The molecule has 2 aromatic heterocycles. The molecule has 0 bridgehead atoms. The first kappa shape index (κ1) is 15.1. The van der Waals surface area contributed by atoms with Crippen LogP contribution in [0.5, 0.6) is 0 Å². The second kappa shape index (κ2) is 6.47. The lowest BCUT2D eigenvalue weighted by Gasteiger charge is -1.98. The Balaban J connectivity index is 2.16. The Hall–Kier alpha value is -1.25. The molecule has 0 amide bonds. The first-order chi connectivity index (χ1) is 9.51. The van der Waals surface area contributed by atoms with Crippen molar-refractivity contribution in [1.29, 1.82) is 0 Å². The van der Waals surface area contributed by atoms with Crippen molar-refractivity contribution in [2.24, 2.45) is 0 Å². The number of aromatic nitrogens is 1. The fraction of sp³-hybridized carbons (Fsp3) is 0.250. The number of nitrogens with zero attached hydrogens (tertiary/aromatic N) is 1. The first-order valence-corrected chi connectivity index (χ1v) is 8.02. The Morgan fingerprint density at radius 3 is 2.70 bits per heavy atom. The molecule has 2 rings (SSSR count). The number of ether oxygens (including phenoxy) is 1. The maximum Gasteiger partial charge on any atom is 0.358 e. The van der Waals surface area contributed by atoms with Gasteiger partial charge in [0.05, 0.1) is 17.4 Å². The summed E-state index contributed by atoms with van der Waals surface area (Å²) in [6.07, 6.45) is 0. The molecule has 0 aliphatic heterocycles. The van der Waals surface area contributed by atoms with E-state index < -0.39 is 5.97 Å². The highest BCUT2D eigenvalue weighted by molar-refractivity contribution is 9.11. The fourth-order valence-electron chi connectivity index (χ4n) is 1.48. The molecular formula is C12H11BrN2O3S2. The van der Waals surface area contributed by atoms with E-state index in [1.165, 1.54) is 14.0 Å². The third kappa shape index (κ3) is 3.44. The molecule has 0 saturated carbocycles. The van der Waals surface area contributed by atoms with E-state index in [0.29, 0.717) is 16.6 Å². The van der Waals surface area contributed by atoms with E-state index in [9.17, 15) is 9.59 Å². The lowest BCUT2D eigenvalue weighted by Crippen LogP contribution is -2.07. The molecule has 2 heterocycles. The Morgan fingerprint density at radius 1 is 1.40 bits per heavy atom. The van der Waals surface area contributed by atoms with Crippen molar-refractivity contribution < 1.29 is 14.3 Å². The third-order valence-electron chi connectivity index (χ3n) is 2.37. The summed E-state index contributed by atoms with van der Waals surface area (Å²) in [6, 6.07) is 3.95. The Kier molecular flexibility index (Phi) is 4.90. The van der Waals surface area contributed by atoms with Crippen LogP contribution in [0.3, 0.4) is 0 Å². The molecule has 0 fully saturated rings. The van der Waals surface area contributed by atoms with Crippen molar-refractivity contribution >= 4 is 55.5 Å². The number of esters is 1. The number of hydrogen-bond acceptors (Lipinski definition) is 7. The van der Waals surface area contributed by atoms with Gasteiger partial charge >= 0.3 is 5.97 Å². The summed E-state index contributed by atoms with van der Waals surface area (Å²) in [5.41, 5.74) is 0.0693. The number of halogens is 1. The maximum absolute atomic E-state index is 11.6. The van der Waals surface area contributed by atoms with Gasteiger partial charge < -0.3 is 10.1 Å². The van der Waals surface area contributed by atoms with Crippen LogP contribution < -0.4 is 5.32 Å². The van der Waals surface area contributed by atoms with Gasteiger partial charge in [-0.15, -0.1) is 11.3 Å². The molecular weight excluding hydrogens is 364 g/mol. The molecule has 0 spiro atoms. The van der Waals surface area contributed by atoms with Crippen LogP contribution >= 0.6 is 38.6 Å². The molecule has 0 aliphatic carbocycles. The number of methoxy groups -OCH3 is 1. The highest BCUT2D eigenvalue weighted by atomic mass is 79.9. The summed E-state index contributed by atoms with van der Waals surface area (Å²) >= 11 is 6.16. The van der Waals surface area contributed by atoms with Crippen LogP contribution in [-0.4, -0.2) is 23.8 Å². The average Bonchev–Trinajstić information content (AvgIpc) is 3.01. The van der Waals surface area contributed by atoms with E-state index >= 15 is 0 Å². The van der Waals surface area contributed by atoms with Gasteiger partial charge in [-0.2, -0.15) is 0 Å². The number of rotatable bonds is 5. The van der Waals surface area contributed by atoms with Gasteiger partial charge in [0.1, 0.15) is 4.88 Å². The Morgan fingerprint density at radius 2 is 2.15 bits per heavy atom. The topological polar surface area (TPSA) is 68.3 Å². The molecule has 0 radical (unpaired) electrons. The summed E-state index contributed by atoms with van der Waals surface area (Å²) in [7, 11) is 1.27. The van der Waals surface area contributed by atoms with Crippen LogP contribution in [0.1, 0.15) is 32.0 Å². The van der Waals surface area contributed by atoms with E-state index in [2.05, 4.69) is 31.0 Å². The predicted molar refractivity (Wildman–Crippen MR) is 82.8 cm³/mol. The van der Waals surface area contributed by atoms with Crippen LogP contribution in [0.2, 0.25) is 0 Å². The molecule has 0 atom stereocenters. The molecule has 20 heavy (non-hydrogen) atoms. The molecule has 0 aliphatic rings. The zero-order valence-electron chi connectivity index (χ0n) is 10.7. The van der Waals surface area contributed by atoms with Crippen molar-refractivity contribution in [3.63, 3.8) is 0 Å². The lowest BCUT2D eigenvalue weighted by molar-refractivity contribution is 0.0591. The van der Waals surface area contributed by atoms with Crippen LogP contribution in [0.15, 0.2) is 15.9 Å². The predicted octanol–water partition coefficient (Wildman–Crippen LogP) is 3.57. The Labute approximate surface area is 132 Å². The molecule has 8 heteroatoms. The normalized spacial score (nSPS) is 10.3. The largest absolute Gasteiger partial charge is 0.464 e. The van der Waals surface area contributed by atoms with E-state index in [4.69, 9.17) is 0 Å². The summed E-state index contributed by atoms with van der Waals surface area (Å²) in [4.78, 5) is 28.6. The molecule has 5 nitrogen and oxygen atoms in total. The minimum Gasteiger partial charge on any atom is -0.464 e. The lowest BCUT2D eigenvalue weighted by atomic mass is 10.3. The van der Waals surface area contributed by atoms with Gasteiger partial charge in [0, 0.05) is 11.8 Å². The standard InChI is InChI=1S/C12H11BrN2O3S2/c1-6(16)10-9(11(17)18-2)15-12(20-10)14-5-7-3-4-8(13)19-7/h3-4H,5H2,1-2H3,(H,14,15). The zero-order valence-corrected chi connectivity index (χ0v) is 13.9. The Bertz CT molecular complexity index is 651. The second-order valence-electron chi connectivity index (χ2n) is 3.80. The van der Waals surface area contributed by atoms with Crippen molar-refractivity contribution in [2.75, 3.05) is 12.4 Å². The van der Waals surface area contributed by atoms with Gasteiger partial charge in [-0.1, -0.05) is 11.3 Å². The number of carbonyl (C=O) groups is 2. The SMILES string of the molecule is COC(=O)c1nc(NCc2ccc(Br)s2)sc1C(C)=O. The number of thiophene rings is 1. The van der Waals surface area contributed by atoms with Gasteiger partial charge in [-0.25, -0.2) is 9.78 Å². The molecule has 1 N–H and O–H groups in total. The van der Waals surface area contributed by atoms with Crippen molar-refractivity contribution in [1.82, 2.24) is 4.98 Å². The van der Waals surface area contributed by atoms with Crippen LogP contribution in [0.25, 0.3) is 0 Å². The number of carbonyl (C=O) groups excluding carboxylic acids is 2. The van der Waals surface area contributed by atoms with Crippen LogP contribution in [0, 0.1) is 0 Å². The monoisotopic (exact) mass is 374 g/mol. The van der Waals surface area contributed by atoms with Crippen LogP contribution in [-0.2, 0) is 11.3 Å². The minimum absolute atomic E-state index is 0.0693. The number of ketones is 1. The number of nitrogens with one attached hydrogen (secondary N) is 1. The molecule has 0 unspecified atom stereocenters. The zero-order chi connectivity index (χ0) is 14.7. The van der Waals surface area contributed by atoms with Crippen molar-refractivity contribution in [3.05, 3.63) is 31.4 Å². The molecule has 0 saturated heterocycles. The van der Waals surface area contributed by atoms with Crippen molar-refractivity contribution in [2.45, 2.75) is 13.5 Å². The molecule has 2 aromatic rings. The summed E-state index contributed by atoms with van der Waals surface area (Å²) in [6.45, 7) is 1.99. The first-order valence-electron chi connectivity index (χ1n) is 5.59. The number of Topliss-reactive ketones (excluding diaryl/α,β-unsaturated/α-hetero) is 1. The average molecular weight is 375 g/mol. The third-order valence-corrected chi connectivity index (χ3v) is 5.11. The van der Waals surface area contributed by atoms with Gasteiger partial charge in [-0.05, 0) is 28.1 Å². The van der Waals surface area contributed by atoms with Gasteiger partial charge in [0.15, 0.2) is 16.6 Å². The molecule has 106 valence electrons. The number of anilines is 1. The fourth-order valence-corrected chi connectivity index (χ4v) is 3.75. The smallest absolute Gasteiger partial charge is 0.358 e. The van der Waals surface area contributed by atoms with Crippen molar-refractivity contribution in [3.8, 4) is 0 Å². The summed E-state index contributed by atoms with van der Waals surface area (Å²) < 4.78 is 5.68. The number of thiazole rings is 1. The van der Waals surface area contributed by atoms with E-state index in [-0.39, 0.29) is 11.5 Å². The summed E-state index contributed by atoms with van der Waals surface area (Å²) in [5, 5.41) is 3.63.